The van der Waals surface area contributed by atoms with Crippen LogP contribution in [0.15, 0.2) is 29.3 Å². The quantitative estimate of drug-likeness (QED) is 0.550. The molecule has 6 nitrogen and oxygen atoms in total. The monoisotopic (exact) mass is 360 g/mol. The van der Waals surface area contributed by atoms with Crippen molar-refractivity contribution < 1.29 is 9.53 Å². The van der Waals surface area contributed by atoms with Crippen molar-refractivity contribution >= 4 is 11.9 Å². The van der Waals surface area contributed by atoms with Crippen LogP contribution in [0.2, 0.25) is 0 Å². The lowest BCUT2D eigenvalue weighted by Gasteiger charge is -2.34. The van der Waals surface area contributed by atoms with Crippen molar-refractivity contribution in [3.8, 4) is 0 Å². The Morgan fingerprint density at radius 1 is 1.35 bits per heavy atom. The molecule has 26 heavy (non-hydrogen) atoms. The van der Waals surface area contributed by atoms with Crippen molar-refractivity contribution in [2.75, 3.05) is 26.2 Å². The summed E-state index contributed by atoms with van der Waals surface area (Å²) in [6.07, 6.45) is 2.56. The number of carbonyl (C=O) groups excluding carboxylic acids is 1. The maximum Gasteiger partial charge on any atom is 0.217 e. The fourth-order valence-electron chi connectivity index (χ4n) is 3.36. The number of hydrogen-bond donors (Lipinski definition) is 2. The number of guanidine groups is 1. The third-order valence-electron chi connectivity index (χ3n) is 4.62. The fourth-order valence-corrected chi connectivity index (χ4v) is 3.36. The molecule has 1 fully saturated rings. The second-order valence-electron chi connectivity index (χ2n) is 6.70. The van der Waals surface area contributed by atoms with E-state index in [4.69, 9.17) is 15.5 Å². The van der Waals surface area contributed by atoms with E-state index in [-0.39, 0.29) is 5.91 Å². The molecule has 1 aromatic carbocycles. The summed E-state index contributed by atoms with van der Waals surface area (Å²) in [4.78, 5) is 18.4. The number of nitrogens with zero attached hydrogens (tertiary/aromatic N) is 2. The predicted molar refractivity (Wildman–Crippen MR) is 105 cm³/mol. The molecule has 1 aromatic rings. The number of rotatable bonds is 8. The molecule has 1 atom stereocenters. The van der Waals surface area contributed by atoms with E-state index in [1.807, 2.05) is 19.1 Å². The maximum atomic E-state index is 11.3. The van der Waals surface area contributed by atoms with Gasteiger partial charge in [-0.3, -0.25) is 4.79 Å². The Hall–Kier alpha value is -2.08. The molecule has 6 heteroatoms. The minimum absolute atomic E-state index is 0.219. The van der Waals surface area contributed by atoms with Gasteiger partial charge in [0.1, 0.15) is 0 Å². The highest BCUT2D eigenvalue weighted by molar-refractivity contribution is 5.80. The lowest BCUT2D eigenvalue weighted by molar-refractivity contribution is -0.119. The first kappa shape index (κ1) is 20.2. The van der Waals surface area contributed by atoms with Gasteiger partial charge in [-0.2, -0.15) is 0 Å². The summed E-state index contributed by atoms with van der Waals surface area (Å²) in [7, 11) is 0. The normalized spacial score (nSPS) is 18.0. The largest absolute Gasteiger partial charge is 0.377 e. The molecule has 2 rings (SSSR count). The average Bonchev–Trinajstić information content (AvgIpc) is 2.64. The van der Waals surface area contributed by atoms with Crippen LogP contribution in [0.5, 0.6) is 0 Å². The third kappa shape index (κ3) is 6.33. The van der Waals surface area contributed by atoms with Crippen LogP contribution in [-0.4, -0.2) is 43.0 Å². The Labute approximate surface area is 156 Å². The van der Waals surface area contributed by atoms with E-state index < -0.39 is 0 Å². The van der Waals surface area contributed by atoms with E-state index in [9.17, 15) is 4.79 Å². The maximum absolute atomic E-state index is 11.3. The van der Waals surface area contributed by atoms with Crippen molar-refractivity contribution in [3.05, 3.63) is 35.4 Å². The molecule has 0 bridgehead atoms. The van der Waals surface area contributed by atoms with Gasteiger partial charge in [0, 0.05) is 32.7 Å². The molecule has 1 unspecified atom stereocenters. The van der Waals surface area contributed by atoms with Crippen molar-refractivity contribution in [3.63, 3.8) is 0 Å². The summed E-state index contributed by atoms with van der Waals surface area (Å²) >= 11 is 0. The van der Waals surface area contributed by atoms with Gasteiger partial charge in [0.25, 0.3) is 0 Å². The summed E-state index contributed by atoms with van der Waals surface area (Å²) < 4.78 is 5.56. The van der Waals surface area contributed by atoms with Gasteiger partial charge in [-0.25, -0.2) is 4.99 Å². The molecule has 1 aliphatic rings. The first-order valence-corrected chi connectivity index (χ1v) is 9.60. The predicted octanol–water partition coefficient (Wildman–Crippen LogP) is 2.28. The molecule has 0 aliphatic carbocycles. The molecule has 3 N–H and O–H groups in total. The Morgan fingerprint density at radius 2 is 2.12 bits per heavy atom. The number of amides is 1. The Kier molecular flexibility index (Phi) is 8.41. The van der Waals surface area contributed by atoms with E-state index in [1.165, 1.54) is 11.1 Å². The van der Waals surface area contributed by atoms with Gasteiger partial charge in [-0.1, -0.05) is 24.3 Å². The van der Waals surface area contributed by atoms with Crippen LogP contribution in [0.25, 0.3) is 0 Å². The van der Waals surface area contributed by atoms with Crippen LogP contribution in [-0.2, 0) is 22.7 Å². The van der Waals surface area contributed by atoms with Crippen molar-refractivity contribution in [2.45, 2.75) is 46.3 Å². The minimum Gasteiger partial charge on any atom is -0.377 e. The van der Waals surface area contributed by atoms with Gasteiger partial charge in [0.15, 0.2) is 5.96 Å². The molecule has 0 radical (unpaired) electrons. The van der Waals surface area contributed by atoms with Gasteiger partial charge in [-0.05, 0) is 43.7 Å². The van der Waals surface area contributed by atoms with Crippen molar-refractivity contribution in [1.82, 2.24) is 10.2 Å². The first-order chi connectivity index (χ1) is 12.6. The zero-order valence-corrected chi connectivity index (χ0v) is 16.0. The number of carbonyl (C=O) groups is 1. The van der Waals surface area contributed by atoms with E-state index in [0.717, 1.165) is 38.4 Å². The van der Waals surface area contributed by atoms with Gasteiger partial charge < -0.3 is 20.7 Å². The summed E-state index contributed by atoms with van der Waals surface area (Å²) in [5.41, 5.74) is 7.74. The van der Waals surface area contributed by atoms with Gasteiger partial charge in [0.05, 0.1) is 13.2 Å². The van der Waals surface area contributed by atoms with Crippen molar-refractivity contribution in [1.29, 1.82) is 0 Å². The number of aliphatic imine (C=N–C) groups is 1. The molecule has 144 valence electrons. The van der Waals surface area contributed by atoms with Crippen LogP contribution in [0, 0.1) is 5.92 Å². The topological polar surface area (TPSA) is 80.0 Å². The van der Waals surface area contributed by atoms with E-state index in [0.29, 0.717) is 32.1 Å². The SMILES string of the molecule is CCNC(=NCc1ccccc1COCC)N1CCCC(CC(N)=O)C1. The first-order valence-electron chi connectivity index (χ1n) is 9.60. The molecule has 0 aromatic heterocycles. The highest BCUT2D eigenvalue weighted by Gasteiger charge is 2.23. The molecule has 1 amide bonds. The Morgan fingerprint density at radius 3 is 2.81 bits per heavy atom. The highest BCUT2D eigenvalue weighted by Crippen LogP contribution is 2.20. The number of primary amides is 1. The second kappa shape index (κ2) is 10.8. The van der Waals surface area contributed by atoms with E-state index in [2.05, 4.69) is 29.3 Å². The summed E-state index contributed by atoms with van der Waals surface area (Å²) in [5.74, 6) is 1.01. The number of nitrogens with one attached hydrogen (secondary N) is 1. The van der Waals surface area contributed by atoms with Crippen LogP contribution < -0.4 is 11.1 Å². The Bertz CT molecular complexity index is 603. The number of benzene rings is 1. The summed E-state index contributed by atoms with van der Waals surface area (Å²) in [5, 5.41) is 3.39. The highest BCUT2D eigenvalue weighted by atomic mass is 16.5. The Balaban J connectivity index is 2.08. The molecular formula is C20H32N4O2. The van der Waals surface area contributed by atoms with Gasteiger partial charge in [-0.15, -0.1) is 0 Å². The molecular weight excluding hydrogens is 328 g/mol. The lowest BCUT2D eigenvalue weighted by atomic mass is 9.95. The minimum atomic E-state index is -0.219. The standard InChI is InChI=1S/C20H32N4O2/c1-3-22-20(24-11-7-8-16(14-24)12-19(21)25)23-13-17-9-5-6-10-18(17)15-26-4-2/h5-6,9-10,16H,3-4,7-8,11-15H2,1-2H3,(H2,21,25)(H,22,23). The van der Waals surface area contributed by atoms with Gasteiger partial charge >= 0.3 is 0 Å². The van der Waals surface area contributed by atoms with E-state index >= 15 is 0 Å². The van der Waals surface area contributed by atoms with Crippen LogP contribution in [0.1, 0.15) is 44.2 Å². The third-order valence-corrected chi connectivity index (χ3v) is 4.62. The summed E-state index contributed by atoms with van der Waals surface area (Å²) in [6, 6.07) is 8.27. The number of likely N-dealkylation sites (tertiary alicyclic amines) is 1. The number of ether oxygens (including phenoxy) is 1. The molecule has 1 saturated heterocycles. The molecule has 1 heterocycles. The van der Waals surface area contributed by atoms with Crippen LogP contribution in [0.3, 0.4) is 0 Å². The fraction of sp³-hybridized carbons (Fsp3) is 0.600. The average molecular weight is 361 g/mol. The van der Waals surface area contributed by atoms with Gasteiger partial charge in [0.2, 0.25) is 5.91 Å². The van der Waals surface area contributed by atoms with Crippen LogP contribution in [0.4, 0.5) is 0 Å². The number of piperidine rings is 1. The molecule has 0 spiro atoms. The lowest BCUT2D eigenvalue weighted by Crippen LogP contribution is -2.47. The zero-order chi connectivity index (χ0) is 18.8. The zero-order valence-electron chi connectivity index (χ0n) is 16.0. The molecule has 1 aliphatic heterocycles. The number of hydrogen-bond acceptors (Lipinski definition) is 3. The van der Waals surface area contributed by atoms with Crippen LogP contribution >= 0.6 is 0 Å². The summed E-state index contributed by atoms with van der Waals surface area (Å²) in [6.45, 7) is 8.61. The second-order valence-corrected chi connectivity index (χ2v) is 6.70. The molecule has 0 saturated carbocycles. The smallest absolute Gasteiger partial charge is 0.217 e. The van der Waals surface area contributed by atoms with Crippen molar-refractivity contribution in [2.24, 2.45) is 16.6 Å². The van der Waals surface area contributed by atoms with E-state index in [1.54, 1.807) is 0 Å². The number of nitrogens with two attached hydrogens (primary N) is 1.